The summed E-state index contributed by atoms with van der Waals surface area (Å²) in [4.78, 5) is 11.7. The van der Waals surface area contributed by atoms with Crippen LogP contribution in [-0.2, 0) is 14.8 Å². The SMILES string of the molecule is CC1(C)C(=O)N(C2CCCNC2)S1(=O)=O. The highest BCUT2D eigenvalue weighted by Gasteiger charge is 2.62. The topological polar surface area (TPSA) is 66.5 Å². The third-order valence-corrected chi connectivity index (χ3v) is 5.67. The lowest BCUT2D eigenvalue weighted by Crippen LogP contribution is -2.71. The molecule has 0 aromatic rings. The highest BCUT2D eigenvalue weighted by atomic mass is 32.2. The van der Waals surface area contributed by atoms with Gasteiger partial charge < -0.3 is 5.32 Å². The molecular formula is C9H16N2O3S. The van der Waals surface area contributed by atoms with Gasteiger partial charge in [-0.3, -0.25) is 4.79 Å². The Morgan fingerprint density at radius 2 is 2.13 bits per heavy atom. The molecule has 86 valence electrons. The largest absolute Gasteiger partial charge is 0.315 e. The van der Waals surface area contributed by atoms with Crippen molar-refractivity contribution in [2.45, 2.75) is 37.5 Å². The first-order chi connectivity index (χ1) is 6.89. The molecule has 1 N–H and O–H groups in total. The van der Waals surface area contributed by atoms with E-state index < -0.39 is 14.8 Å². The summed E-state index contributed by atoms with van der Waals surface area (Å²) in [5.74, 6) is -0.267. The van der Waals surface area contributed by atoms with Gasteiger partial charge in [0.15, 0.2) is 4.75 Å². The zero-order valence-corrected chi connectivity index (χ0v) is 9.80. The Hall–Kier alpha value is -0.620. The number of sulfonamides is 1. The number of piperidine rings is 1. The van der Waals surface area contributed by atoms with Gasteiger partial charge >= 0.3 is 0 Å². The third-order valence-electron chi connectivity index (χ3n) is 3.22. The van der Waals surface area contributed by atoms with E-state index in [-0.39, 0.29) is 11.9 Å². The Morgan fingerprint density at radius 3 is 2.60 bits per heavy atom. The molecule has 1 atom stereocenters. The molecule has 0 saturated carbocycles. The van der Waals surface area contributed by atoms with Crippen LogP contribution in [0.1, 0.15) is 26.7 Å². The van der Waals surface area contributed by atoms with Crippen LogP contribution >= 0.6 is 0 Å². The van der Waals surface area contributed by atoms with E-state index in [0.717, 1.165) is 23.7 Å². The van der Waals surface area contributed by atoms with Crippen LogP contribution < -0.4 is 5.32 Å². The minimum Gasteiger partial charge on any atom is -0.315 e. The first-order valence-corrected chi connectivity index (χ1v) is 6.62. The molecule has 0 aromatic carbocycles. The first kappa shape index (κ1) is 10.9. The van der Waals surface area contributed by atoms with Crippen molar-refractivity contribution in [3.63, 3.8) is 0 Å². The highest BCUT2D eigenvalue weighted by molar-refractivity contribution is 7.94. The average molecular weight is 232 g/mol. The van der Waals surface area contributed by atoms with Crippen molar-refractivity contribution in [1.29, 1.82) is 0 Å². The van der Waals surface area contributed by atoms with Crippen LogP contribution in [0.5, 0.6) is 0 Å². The molecule has 2 fully saturated rings. The Bertz CT molecular complexity index is 382. The van der Waals surface area contributed by atoms with Gasteiger partial charge in [-0.2, -0.15) is 0 Å². The molecule has 2 rings (SSSR count). The smallest absolute Gasteiger partial charge is 0.259 e. The second kappa shape index (κ2) is 3.18. The van der Waals surface area contributed by atoms with Gasteiger partial charge in [0, 0.05) is 6.54 Å². The van der Waals surface area contributed by atoms with E-state index in [1.54, 1.807) is 0 Å². The summed E-state index contributed by atoms with van der Waals surface area (Å²) in [6, 6.07) is -0.177. The molecular weight excluding hydrogens is 216 g/mol. The molecule has 0 aromatic heterocycles. The predicted molar refractivity (Wildman–Crippen MR) is 55.7 cm³/mol. The van der Waals surface area contributed by atoms with E-state index in [4.69, 9.17) is 0 Å². The van der Waals surface area contributed by atoms with Gasteiger partial charge in [-0.05, 0) is 33.2 Å². The van der Waals surface area contributed by atoms with E-state index in [0.29, 0.717) is 6.54 Å². The van der Waals surface area contributed by atoms with Crippen molar-refractivity contribution in [3.8, 4) is 0 Å². The number of nitrogens with zero attached hydrogens (tertiary/aromatic N) is 1. The maximum atomic E-state index is 11.9. The van der Waals surface area contributed by atoms with E-state index in [9.17, 15) is 13.2 Å². The van der Waals surface area contributed by atoms with Crippen LogP contribution in [0.3, 0.4) is 0 Å². The van der Waals surface area contributed by atoms with Crippen molar-refractivity contribution in [2.75, 3.05) is 13.1 Å². The molecule has 2 heterocycles. The van der Waals surface area contributed by atoms with E-state index in [2.05, 4.69) is 5.32 Å². The van der Waals surface area contributed by atoms with Crippen molar-refractivity contribution >= 4 is 15.9 Å². The Balaban J connectivity index is 2.22. The van der Waals surface area contributed by atoms with Crippen LogP contribution in [0, 0.1) is 0 Å². The monoisotopic (exact) mass is 232 g/mol. The molecule has 2 saturated heterocycles. The van der Waals surface area contributed by atoms with E-state index in [1.807, 2.05) is 0 Å². The number of carbonyl (C=O) groups is 1. The van der Waals surface area contributed by atoms with Gasteiger partial charge in [0.25, 0.3) is 15.9 Å². The molecule has 15 heavy (non-hydrogen) atoms. The lowest BCUT2D eigenvalue weighted by molar-refractivity contribution is -0.134. The quantitative estimate of drug-likeness (QED) is 0.673. The Labute approximate surface area is 89.9 Å². The molecule has 5 nitrogen and oxygen atoms in total. The van der Waals surface area contributed by atoms with Crippen LogP contribution in [0.25, 0.3) is 0 Å². The fraction of sp³-hybridized carbons (Fsp3) is 0.889. The molecule has 2 aliphatic rings. The standard InChI is InChI=1S/C9H16N2O3S/c1-9(2)8(12)11(15(9,13)14)7-4-3-5-10-6-7/h7,10H,3-6H2,1-2H3. The lowest BCUT2D eigenvalue weighted by atomic mass is 10.1. The van der Waals surface area contributed by atoms with Crippen LogP contribution in [-0.4, -0.2) is 42.5 Å². The minimum atomic E-state index is -3.41. The molecule has 0 spiro atoms. The van der Waals surface area contributed by atoms with Gasteiger partial charge in [-0.15, -0.1) is 0 Å². The molecule has 6 heteroatoms. The molecule has 1 unspecified atom stereocenters. The van der Waals surface area contributed by atoms with Crippen LogP contribution in [0.2, 0.25) is 0 Å². The second-order valence-electron chi connectivity index (χ2n) is 4.62. The first-order valence-electron chi connectivity index (χ1n) is 5.18. The molecule has 2 aliphatic heterocycles. The number of rotatable bonds is 1. The van der Waals surface area contributed by atoms with Crippen molar-refractivity contribution in [2.24, 2.45) is 0 Å². The van der Waals surface area contributed by atoms with Gasteiger partial charge in [0.05, 0.1) is 6.04 Å². The summed E-state index contributed by atoms with van der Waals surface area (Å²) in [7, 11) is -3.41. The summed E-state index contributed by atoms with van der Waals surface area (Å²) in [6.07, 6.45) is 1.69. The number of carbonyl (C=O) groups excluding carboxylic acids is 1. The molecule has 1 amide bonds. The average Bonchev–Trinajstić information content (AvgIpc) is 2.19. The number of nitrogens with one attached hydrogen (secondary N) is 1. The fourth-order valence-electron chi connectivity index (χ4n) is 2.09. The van der Waals surface area contributed by atoms with Gasteiger partial charge in [0.1, 0.15) is 0 Å². The Kier molecular flexibility index (Phi) is 2.31. The Morgan fingerprint density at radius 1 is 1.47 bits per heavy atom. The normalized spacial score (nSPS) is 33.6. The summed E-state index contributed by atoms with van der Waals surface area (Å²) in [5.41, 5.74) is 0. The van der Waals surface area contributed by atoms with E-state index in [1.165, 1.54) is 13.8 Å². The second-order valence-corrected chi connectivity index (χ2v) is 6.98. The molecule has 0 aliphatic carbocycles. The van der Waals surface area contributed by atoms with Gasteiger partial charge in [0.2, 0.25) is 0 Å². The summed E-state index contributed by atoms with van der Waals surface area (Å²) in [5, 5.41) is 3.11. The number of hydrogen-bond donors (Lipinski definition) is 1. The summed E-state index contributed by atoms with van der Waals surface area (Å²) < 4.78 is 23.6. The zero-order chi connectivity index (χ0) is 11.3. The highest BCUT2D eigenvalue weighted by Crippen LogP contribution is 2.37. The van der Waals surface area contributed by atoms with Gasteiger partial charge in [-0.1, -0.05) is 0 Å². The third kappa shape index (κ3) is 1.31. The van der Waals surface area contributed by atoms with Crippen LogP contribution in [0.4, 0.5) is 0 Å². The summed E-state index contributed by atoms with van der Waals surface area (Å²) in [6.45, 7) is 4.43. The minimum absolute atomic E-state index is 0.177. The van der Waals surface area contributed by atoms with Crippen molar-refractivity contribution < 1.29 is 13.2 Å². The molecule has 0 radical (unpaired) electrons. The van der Waals surface area contributed by atoms with E-state index >= 15 is 0 Å². The summed E-state index contributed by atoms with van der Waals surface area (Å²) >= 11 is 0. The number of hydrogen-bond acceptors (Lipinski definition) is 4. The molecule has 0 bridgehead atoms. The maximum Gasteiger partial charge on any atom is 0.259 e. The van der Waals surface area contributed by atoms with Crippen molar-refractivity contribution in [3.05, 3.63) is 0 Å². The maximum absolute atomic E-state index is 11.9. The van der Waals surface area contributed by atoms with Gasteiger partial charge in [-0.25, -0.2) is 12.7 Å². The van der Waals surface area contributed by atoms with Crippen LogP contribution in [0.15, 0.2) is 0 Å². The number of amides is 1. The lowest BCUT2D eigenvalue weighted by Gasteiger charge is -2.48. The fourth-order valence-corrected chi connectivity index (χ4v) is 3.78. The zero-order valence-electron chi connectivity index (χ0n) is 8.99. The predicted octanol–water partition coefficient (Wildman–Crippen LogP) is -0.311. The van der Waals surface area contributed by atoms with Crippen molar-refractivity contribution in [1.82, 2.24) is 9.62 Å².